The van der Waals surface area contributed by atoms with Crippen LogP contribution in [0.3, 0.4) is 0 Å². The van der Waals surface area contributed by atoms with Crippen molar-refractivity contribution in [3.8, 4) is 0 Å². The van der Waals surface area contributed by atoms with Crippen LogP contribution in [0.15, 0.2) is 36.8 Å². The Labute approximate surface area is 184 Å². The van der Waals surface area contributed by atoms with Crippen LogP contribution in [-0.4, -0.2) is 48.8 Å². The van der Waals surface area contributed by atoms with Crippen LogP contribution in [0.1, 0.15) is 38.1 Å². The lowest BCUT2D eigenvalue weighted by Crippen LogP contribution is -2.21. The van der Waals surface area contributed by atoms with Gasteiger partial charge in [-0.2, -0.15) is 9.37 Å². The molecule has 164 valence electrons. The molecule has 1 atom stereocenters. The van der Waals surface area contributed by atoms with Gasteiger partial charge in [0.15, 0.2) is 0 Å². The predicted octanol–water partition coefficient (Wildman–Crippen LogP) is 3.94. The first-order valence-corrected chi connectivity index (χ1v) is 11.1. The van der Waals surface area contributed by atoms with E-state index in [0.29, 0.717) is 23.8 Å². The van der Waals surface area contributed by atoms with Crippen LogP contribution in [0.5, 0.6) is 0 Å². The molecule has 1 aliphatic carbocycles. The smallest absolute Gasteiger partial charge is 0.237 e. The monoisotopic (exact) mass is 433 g/mol. The van der Waals surface area contributed by atoms with Crippen molar-refractivity contribution in [2.75, 3.05) is 23.3 Å². The van der Waals surface area contributed by atoms with E-state index in [1.54, 1.807) is 12.4 Å². The molecule has 0 amide bonds. The maximum atomic E-state index is 14.8. The average molecular weight is 433 g/mol. The van der Waals surface area contributed by atoms with Crippen LogP contribution < -0.4 is 10.2 Å². The summed E-state index contributed by atoms with van der Waals surface area (Å²) in [5, 5.41) is 14.5. The summed E-state index contributed by atoms with van der Waals surface area (Å²) in [6.07, 6.45) is 9.81. The van der Waals surface area contributed by atoms with Gasteiger partial charge in [0.1, 0.15) is 17.0 Å². The zero-order valence-electron chi connectivity index (χ0n) is 17.6. The van der Waals surface area contributed by atoms with Gasteiger partial charge < -0.3 is 19.9 Å². The van der Waals surface area contributed by atoms with Crippen LogP contribution in [-0.2, 0) is 0 Å². The second kappa shape index (κ2) is 7.67. The molecule has 4 aromatic heterocycles. The number of pyridine rings is 2. The van der Waals surface area contributed by atoms with Crippen molar-refractivity contribution in [1.29, 1.82) is 0 Å². The molecule has 0 bridgehead atoms. The van der Waals surface area contributed by atoms with Crippen LogP contribution in [0.2, 0.25) is 0 Å². The molecule has 1 saturated carbocycles. The number of aliphatic hydroxyl groups is 1. The zero-order valence-corrected chi connectivity index (χ0v) is 17.6. The molecule has 1 aliphatic heterocycles. The number of halogens is 1. The zero-order chi connectivity index (χ0) is 21.7. The molecule has 2 aliphatic rings. The van der Waals surface area contributed by atoms with Gasteiger partial charge in [0.05, 0.1) is 18.0 Å². The molecule has 4 aromatic rings. The molecular weight excluding hydrogens is 409 g/mol. The largest absolute Gasteiger partial charge is 0.391 e. The molecule has 6 rings (SSSR count). The fraction of sp³-hybridized carbons (Fsp3) is 0.391. The van der Waals surface area contributed by atoms with Crippen molar-refractivity contribution >= 4 is 39.4 Å². The van der Waals surface area contributed by atoms with Gasteiger partial charge in [-0.05, 0) is 37.5 Å². The number of nitrogens with zero attached hydrogens (tertiary/aromatic N) is 6. The number of hydrogen-bond acceptors (Lipinski definition) is 7. The van der Waals surface area contributed by atoms with Gasteiger partial charge in [-0.15, -0.1) is 0 Å². The number of rotatable bonds is 4. The molecule has 0 unspecified atom stereocenters. The van der Waals surface area contributed by atoms with Gasteiger partial charge in [0.25, 0.3) is 0 Å². The molecule has 2 fully saturated rings. The summed E-state index contributed by atoms with van der Waals surface area (Å²) in [6.45, 7) is 1.46. The van der Waals surface area contributed by atoms with E-state index < -0.39 is 5.95 Å². The highest BCUT2D eigenvalue weighted by atomic mass is 19.1. The SMILES string of the molecule is O[C@H]1CCN(c2ccc(Nc3ncc4c5ccnc(F)c5n(C5CCCC5)c4n3)nc2)C1. The molecule has 1 saturated heterocycles. The molecule has 0 spiro atoms. The number of anilines is 3. The molecule has 0 radical (unpaired) electrons. The number of hydrogen-bond donors (Lipinski definition) is 2. The minimum absolute atomic E-state index is 0.213. The third kappa shape index (κ3) is 3.24. The number of aromatic nitrogens is 5. The van der Waals surface area contributed by atoms with E-state index in [2.05, 4.69) is 25.2 Å². The maximum Gasteiger partial charge on any atom is 0.237 e. The van der Waals surface area contributed by atoms with Crippen molar-refractivity contribution in [2.45, 2.75) is 44.2 Å². The Bertz CT molecular complexity index is 1280. The van der Waals surface area contributed by atoms with Gasteiger partial charge in [-0.25, -0.2) is 15.0 Å². The second-order valence-corrected chi connectivity index (χ2v) is 8.65. The van der Waals surface area contributed by atoms with Gasteiger partial charge >= 0.3 is 0 Å². The number of β-amino-alcohol motifs (C(OH)–C–C–N with tert-alkyl or cyclic N) is 1. The molecule has 8 nitrogen and oxygen atoms in total. The van der Waals surface area contributed by atoms with E-state index in [1.165, 1.54) is 6.20 Å². The molecule has 2 N–H and O–H groups in total. The molecule has 32 heavy (non-hydrogen) atoms. The second-order valence-electron chi connectivity index (χ2n) is 8.65. The van der Waals surface area contributed by atoms with Crippen molar-refractivity contribution in [2.24, 2.45) is 0 Å². The first-order valence-electron chi connectivity index (χ1n) is 11.1. The molecule has 5 heterocycles. The normalized spacial score (nSPS) is 19.4. The average Bonchev–Trinajstić information content (AvgIpc) is 3.54. The number of nitrogens with one attached hydrogen (secondary N) is 1. The minimum atomic E-state index is -0.466. The number of aliphatic hydroxyl groups excluding tert-OH is 1. The number of fused-ring (bicyclic) bond motifs is 3. The molecular formula is C23H24FN7O. The van der Waals surface area contributed by atoms with Crippen molar-refractivity contribution in [3.63, 3.8) is 0 Å². The Morgan fingerprint density at radius 3 is 2.62 bits per heavy atom. The highest BCUT2D eigenvalue weighted by Crippen LogP contribution is 2.38. The summed E-state index contributed by atoms with van der Waals surface area (Å²) < 4.78 is 16.8. The highest BCUT2D eigenvalue weighted by Gasteiger charge is 2.25. The lowest BCUT2D eigenvalue weighted by molar-refractivity contribution is 0.198. The van der Waals surface area contributed by atoms with Gasteiger partial charge in [0, 0.05) is 42.3 Å². The van der Waals surface area contributed by atoms with E-state index in [-0.39, 0.29) is 12.1 Å². The minimum Gasteiger partial charge on any atom is -0.391 e. The van der Waals surface area contributed by atoms with E-state index in [1.807, 2.05) is 22.8 Å². The molecule has 9 heteroatoms. The van der Waals surface area contributed by atoms with Gasteiger partial charge in [-0.1, -0.05) is 12.8 Å². The van der Waals surface area contributed by atoms with Gasteiger partial charge in [-0.3, -0.25) is 0 Å². The fourth-order valence-corrected chi connectivity index (χ4v) is 5.04. The summed E-state index contributed by atoms with van der Waals surface area (Å²) in [7, 11) is 0. The third-order valence-electron chi connectivity index (χ3n) is 6.61. The fourth-order valence-electron chi connectivity index (χ4n) is 5.04. The Morgan fingerprint density at radius 2 is 1.88 bits per heavy atom. The van der Waals surface area contributed by atoms with Crippen molar-refractivity contribution in [1.82, 2.24) is 24.5 Å². The van der Waals surface area contributed by atoms with E-state index in [9.17, 15) is 9.50 Å². The van der Waals surface area contributed by atoms with Crippen LogP contribution in [0.4, 0.5) is 21.8 Å². The Balaban J connectivity index is 1.36. The first kappa shape index (κ1) is 19.4. The van der Waals surface area contributed by atoms with E-state index in [4.69, 9.17) is 4.98 Å². The Hall–Kier alpha value is -3.33. The predicted molar refractivity (Wildman–Crippen MR) is 121 cm³/mol. The highest BCUT2D eigenvalue weighted by molar-refractivity contribution is 6.06. The summed E-state index contributed by atoms with van der Waals surface area (Å²) >= 11 is 0. The summed E-state index contributed by atoms with van der Waals surface area (Å²) in [5.74, 6) is 0.584. The first-order chi connectivity index (χ1) is 15.7. The van der Waals surface area contributed by atoms with Gasteiger partial charge in [0.2, 0.25) is 11.9 Å². The van der Waals surface area contributed by atoms with Crippen LogP contribution >= 0.6 is 0 Å². The van der Waals surface area contributed by atoms with Crippen LogP contribution in [0, 0.1) is 5.95 Å². The standard InChI is InChI=1S/C23H24FN7O/c24-21-20-17(7-9-25-21)18-12-27-23(29-22(18)31(20)14-3-1-2-4-14)28-19-6-5-15(11-26-19)30-10-8-16(32)13-30/h5-7,9,11-12,14,16,32H,1-4,8,10,13H2,(H,26,27,28,29)/t16-/m0/s1. The summed E-state index contributed by atoms with van der Waals surface area (Å²) in [6, 6.07) is 5.90. The molecule has 0 aromatic carbocycles. The van der Waals surface area contributed by atoms with Crippen molar-refractivity contribution < 1.29 is 9.50 Å². The quantitative estimate of drug-likeness (QED) is 0.471. The summed E-state index contributed by atoms with van der Waals surface area (Å²) in [5.41, 5.74) is 2.21. The van der Waals surface area contributed by atoms with Crippen molar-refractivity contribution in [3.05, 3.63) is 42.7 Å². The maximum absolute atomic E-state index is 14.8. The topological polar surface area (TPSA) is 92.0 Å². The lowest BCUT2D eigenvalue weighted by Gasteiger charge is -2.17. The van der Waals surface area contributed by atoms with E-state index in [0.717, 1.165) is 60.8 Å². The third-order valence-corrected chi connectivity index (χ3v) is 6.61. The van der Waals surface area contributed by atoms with Crippen LogP contribution in [0.25, 0.3) is 21.9 Å². The Morgan fingerprint density at radius 1 is 1.00 bits per heavy atom. The van der Waals surface area contributed by atoms with E-state index >= 15 is 0 Å². The Kier molecular flexibility index (Phi) is 4.64. The lowest BCUT2D eigenvalue weighted by atomic mass is 10.2. The summed E-state index contributed by atoms with van der Waals surface area (Å²) in [4.78, 5) is 19.7.